The first kappa shape index (κ1) is 16.5. The average Bonchev–Trinajstić information content (AvgIpc) is 2.42. The van der Waals surface area contributed by atoms with Crippen LogP contribution in [-0.2, 0) is 4.79 Å². The summed E-state index contributed by atoms with van der Waals surface area (Å²) in [5, 5.41) is 10.1. The zero-order valence-corrected chi connectivity index (χ0v) is 13.9. The van der Waals surface area contributed by atoms with Gasteiger partial charge in [-0.1, -0.05) is 29.3 Å². The maximum absolute atomic E-state index is 11.1. The van der Waals surface area contributed by atoms with Gasteiger partial charge in [0, 0.05) is 23.3 Å². The highest BCUT2D eigenvalue weighted by molar-refractivity contribution is 7.80. The minimum Gasteiger partial charge on any atom is -0.332 e. The number of nitrogens with one attached hydrogen (secondary N) is 3. The molecule has 0 aliphatic carbocycles. The molecule has 2 aromatic carbocycles. The van der Waals surface area contributed by atoms with Crippen LogP contribution in [0.5, 0.6) is 0 Å². The fraction of sp³-hybridized carbons (Fsp3) is 0.0667. The van der Waals surface area contributed by atoms with Crippen LogP contribution in [-0.4, -0.2) is 11.0 Å². The minimum absolute atomic E-state index is 0.136. The number of carbonyl (C=O) groups excluding carboxylic acids is 1. The lowest BCUT2D eigenvalue weighted by molar-refractivity contribution is -0.114. The van der Waals surface area contributed by atoms with Crippen LogP contribution in [0.1, 0.15) is 6.92 Å². The Kier molecular flexibility index (Phi) is 5.60. The first-order chi connectivity index (χ1) is 10.4. The van der Waals surface area contributed by atoms with Crippen LogP contribution in [0.4, 0.5) is 17.1 Å². The van der Waals surface area contributed by atoms with E-state index in [1.807, 2.05) is 12.1 Å². The Labute approximate surface area is 143 Å². The number of rotatable bonds is 3. The number of halogens is 2. The predicted octanol–water partition coefficient (Wildman–Crippen LogP) is 4.76. The second kappa shape index (κ2) is 7.45. The van der Waals surface area contributed by atoms with E-state index in [1.54, 1.807) is 30.3 Å². The molecule has 0 heterocycles. The van der Waals surface area contributed by atoms with Gasteiger partial charge in [-0.25, -0.2) is 0 Å². The molecule has 1 amide bonds. The second-order valence-corrected chi connectivity index (χ2v) is 5.72. The summed E-state index contributed by atoms with van der Waals surface area (Å²) in [4.78, 5) is 11.1. The van der Waals surface area contributed by atoms with E-state index < -0.39 is 0 Å². The number of hydrogen-bond donors (Lipinski definition) is 3. The zero-order valence-electron chi connectivity index (χ0n) is 11.6. The van der Waals surface area contributed by atoms with Crippen LogP contribution in [0.25, 0.3) is 0 Å². The van der Waals surface area contributed by atoms with Crippen LogP contribution in [0.2, 0.25) is 10.0 Å². The van der Waals surface area contributed by atoms with Crippen molar-refractivity contribution < 1.29 is 4.79 Å². The van der Waals surface area contributed by atoms with E-state index in [0.717, 1.165) is 5.69 Å². The fourth-order valence-electron chi connectivity index (χ4n) is 1.76. The predicted molar refractivity (Wildman–Crippen MR) is 97.1 cm³/mol. The topological polar surface area (TPSA) is 53.2 Å². The van der Waals surface area contributed by atoms with Crippen molar-refractivity contribution in [1.82, 2.24) is 0 Å². The van der Waals surface area contributed by atoms with Crippen molar-refractivity contribution in [2.75, 3.05) is 16.0 Å². The number of thiocarbonyl (C=S) groups is 1. The molecular weight excluding hydrogens is 341 g/mol. The molecule has 0 bridgehead atoms. The van der Waals surface area contributed by atoms with Gasteiger partial charge in [0.05, 0.1) is 10.7 Å². The summed E-state index contributed by atoms with van der Waals surface area (Å²) in [6.45, 7) is 1.45. The van der Waals surface area contributed by atoms with Crippen molar-refractivity contribution in [3.8, 4) is 0 Å². The van der Waals surface area contributed by atoms with E-state index in [-0.39, 0.29) is 5.91 Å². The van der Waals surface area contributed by atoms with Gasteiger partial charge in [0.2, 0.25) is 5.91 Å². The molecule has 7 heteroatoms. The maximum atomic E-state index is 11.1. The van der Waals surface area contributed by atoms with Crippen molar-refractivity contribution in [2.45, 2.75) is 6.92 Å². The lowest BCUT2D eigenvalue weighted by Crippen LogP contribution is -2.19. The molecule has 22 heavy (non-hydrogen) atoms. The van der Waals surface area contributed by atoms with Crippen molar-refractivity contribution in [3.05, 3.63) is 52.5 Å². The molecule has 2 rings (SSSR count). The second-order valence-electron chi connectivity index (χ2n) is 4.47. The highest BCUT2D eigenvalue weighted by Gasteiger charge is 2.05. The molecule has 0 spiro atoms. The molecule has 0 aliphatic heterocycles. The molecule has 114 valence electrons. The monoisotopic (exact) mass is 353 g/mol. The van der Waals surface area contributed by atoms with Gasteiger partial charge in [0.15, 0.2) is 5.11 Å². The molecule has 0 fully saturated rings. The molecule has 0 radical (unpaired) electrons. The largest absolute Gasteiger partial charge is 0.332 e. The van der Waals surface area contributed by atoms with E-state index in [4.69, 9.17) is 35.4 Å². The third-order valence-electron chi connectivity index (χ3n) is 2.62. The highest BCUT2D eigenvalue weighted by Crippen LogP contribution is 2.25. The SMILES string of the molecule is CC(=O)Nc1cccc(NC(=S)Nc2cc(Cl)ccc2Cl)c1. The smallest absolute Gasteiger partial charge is 0.221 e. The standard InChI is InChI=1S/C15H13Cl2N3OS/c1-9(21)18-11-3-2-4-12(8-11)19-15(22)20-14-7-10(16)5-6-13(14)17/h2-8H,1H3,(H,18,21)(H2,19,20,22). The maximum Gasteiger partial charge on any atom is 0.221 e. The fourth-order valence-corrected chi connectivity index (χ4v) is 2.32. The zero-order chi connectivity index (χ0) is 16.1. The van der Waals surface area contributed by atoms with E-state index >= 15 is 0 Å². The Hall–Kier alpha value is -1.82. The van der Waals surface area contributed by atoms with Gasteiger partial charge in [-0.3, -0.25) is 4.79 Å². The summed E-state index contributed by atoms with van der Waals surface area (Å²) in [5.74, 6) is -0.136. The lowest BCUT2D eigenvalue weighted by Gasteiger charge is -2.13. The third-order valence-corrected chi connectivity index (χ3v) is 3.39. The summed E-state index contributed by atoms with van der Waals surface area (Å²) >= 11 is 17.2. The highest BCUT2D eigenvalue weighted by atomic mass is 35.5. The normalized spacial score (nSPS) is 9.95. The number of carbonyl (C=O) groups is 1. The van der Waals surface area contributed by atoms with Crippen LogP contribution in [0, 0.1) is 0 Å². The first-order valence-corrected chi connectivity index (χ1v) is 7.51. The first-order valence-electron chi connectivity index (χ1n) is 6.35. The summed E-state index contributed by atoms with van der Waals surface area (Å²) < 4.78 is 0. The van der Waals surface area contributed by atoms with Gasteiger partial charge in [-0.15, -0.1) is 0 Å². The van der Waals surface area contributed by atoms with Gasteiger partial charge in [-0.2, -0.15) is 0 Å². The van der Waals surface area contributed by atoms with E-state index in [9.17, 15) is 4.79 Å². The van der Waals surface area contributed by atoms with Crippen LogP contribution in [0.3, 0.4) is 0 Å². The van der Waals surface area contributed by atoms with Crippen LogP contribution >= 0.6 is 35.4 Å². The molecule has 0 aromatic heterocycles. The summed E-state index contributed by atoms with van der Waals surface area (Å²) in [5.41, 5.74) is 2.03. The lowest BCUT2D eigenvalue weighted by atomic mass is 10.2. The molecule has 0 atom stereocenters. The molecule has 0 saturated carbocycles. The number of anilines is 3. The van der Waals surface area contributed by atoms with Gasteiger partial charge in [0.25, 0.3) is 0 Å². The van der Waals surface area contributed by atoms with E-state index in [2.05, 4.69) is 16.0 Å². The van der Waals surface area contributed by atoms with E-state index in [0.29, 0.717) is 26.5 Å². The van der Waals surface area contributed by atoms with Crippen molar-refractivity contribution in [2.24, 2.45) is 0 Å². The van der Waals surface area contributed by atoms with Gasteiger partial charge in [-0.05, 0) is 48.6 Å². The Bertz CT molecular complexity index is 722. The van der Waals surface area contributed by atoms with Crippen molar-refractivity contribution >= 4 is 63.5 Å². The summed E-state index contributed by atoms with van der Waals surface area (Å²) in [6, 6.07) is 12.3. The molecular formula is C15H13Cl2N3OS. The molecule has 0 saturated heterocycles. The van der Waals surface area contributed by atoms with Crippen molar-refractivity contribution in [1.29, 1.82) is 0 Å². The van der Waals surface area contributed by atoms with Crippen molar-refractivity contribution in [3.63, 3.8) is 0 Å². The van der Waals surface area contributed by atoms with Gasteiger partial charge < -0.3 is 16.0 Å². The average molecular weight is 354 g/mol. The van der Waals surface area contributed by atoms with Crippen LogP contribution in [0.15, 0.2) is 42.5 Å². The quantitative estimate of drug-likeness (QED) is 0.696. The third kappa shape index (κ3) is 4.87. The Balaban J connectivity index is 2.05. The van der Waals surface area contributed by atoms with Crippen LogP contribution < -0.4 is 16.0 Å². The molecule has 0 unspecified atom stereocenters. The molecule has 0 aliphatic rings. The summed E-state index contributed by atoms with van der Waals surface area (Å²) in [6.07, 6.45) is 0. The number of hydrogen-bond acceptors (Lipinski definition) is 2. The molecule has 4 nitrogen and oxygen atoms in total. The van der Waals surface area contributed by atoms with Gasteiger partial charge in [0.1, 0.15) is 0 Å². The molecule has 3 N–H and O–H groups in total. The minimum atomic E-state index is -0.136. The number of amides is 1. The number of benzene rings is 2. The molecule has 2 aromatic rings. The van der Waals surface area contributed by atoms with Gasteiger partial charge >= 0.3 is 0 Å². The summed E-state index contributed by atoms with van der Waals surface area (Å²) in [7, 11) is 0. The van der Waals surface area contributed by atoms with E-state index in [1.165, 1.54) is 6.92 Å². The Morgan fingerprint density at radius 3 is 2.36 bits per heavy atom. The Morgan fingerprint density at radius 2 is 1.68 bits per heavy atom. The Morgan fingerprint density at radius 1 is 1.00 bits per heavy atom.